The number of aryl methyl sites for hydroxylation is 1. The van der Waals surface area contributed by atoms with Crippen molar-refractivity contribution >= 4 is 17.6 Å². The first-order valence-electron chi connectivity index (χ1n) is 14.1. The van der Waals surface area contributed by atoms with E-state index in [2.05, 4.69) is 16.8 Å². The highest BCUT2D eigenvalue weighted by Crippen LogP contribution is 2.20. The molecule has 0 aliphatic rings. The molecule has 0 aliphatic carbocycles. The minimum Gasteiger partial charge on any atom is -0.457 e. The summed E-state index contributed by atoms with van der Waals surface area (Å²) < 4.78 is 13.3. The zero-order chi connectivity index (χ0) is 29.2. The number of anilines is 1. The molecule has 4 aromatic rings. The van der Waals surface area contributed by atoms with E-state index in [9.17, 15) is 9.59 Å². The van der Waals surface area contributed by atoms with E-state index in [1.807, 2.05) is 87.6 Å². The number of rotatable bonds is 12. The molecule has 0 saturated carbocycles. The predicted molar refractivity (Wildman–Crippen MR) is 161 cm³/mol. The number of unbranched alkanes of at least 4 members (excludes halogenated alkanes) is 1. The third-order valence-electron chi connectivity index (χ3n) is 6.52. The Balaban J connectivity index is 1.47. The summed E-state index contributed by atoms with van der Waals surface area (Å²) in [7, 11) is 0. The lowest BCUT2D eigenvalue weighted by atomic mass is 10.1. The second-order valence-corrected chi connectivity index (χ2v) is 11.0. The van der Waals surface area contributed by atoms with Gasteiger partial charge >= 0.3 is 11.9 Å². The molecular weight excluding hydrogens is 514 g/mol. The van der Waals surface area contributed by atoms with Crippen LogP contribution in [0.3, 0.4) is 0 Å². The molecule has 0 bridgehead atoms. The number of esters is 2. The van der Waals surface area contributed by atoms with Gasteiger partial charge in [0.1, 0.15) is 18.0 Å². The van der Waals surface area contributed by atoms with Gasteiger partial charge in [-0.2, -0.15) is 0 Å². The molecule has 0 amide bonds. The average molecular weight is 554 g/mol. The van der Waals surface area contributed by atoms with Crippen LogP contribution in [0.25, 0.3) is 0 Å². The third-order valence-corrected chi connectivity index (χ3v) is 6.52. The Hall–Kier alpha value is -4.39. The number of aromatic nitrogens is 2. The van der Waals surface area contributed by atoms with Gasteiger partial charge in [-0.3, -0.25) is 0 Å². The van der Waals surface area contributed by atoms with Crippen molar-refractivity contribution in [3.63, 3.8) is 0 Å². The molecule has 214 valence electrons. The van der Waals surface area contributed by atoms with Gasteiger partial charge in [-0.05, 0) is 62.6 Å². The van der Waals surface area contributed by atoms with Crippen LogP contribution in [-0.4, -0.2) is 27.1 Å². The fourth-order valence-electron chi connectivity index (χ4n) is 4.39. The molecule has 1 N–H and O–H groups in total. The van der Waals surface area contributed by atoms with Crippen LogP contribution in [-0.2, 0) is 35.6 Å². The Labute approximate surface area is 242 Å². The summed E-state index contributed by atoms with van der Waals surface area (Å²) in [5.41, 5.74) is 4.17. The van der Waals surface area contributed by atoms with Crippen molar-refractivity contribution in [3.8, 4) is 0 Å². The average Bonchev–Trinajstić information content (AvgIpc) is 3.34. The molecule has 0 fully saturated rings. The van der Waals surface area contributed by atoms with E-state index in [1.165, 1.54) is 0 Å². The molecule has 0 spiro atoms. The second kappa shape index (κ2) is 13.8. The predicted octanol–water partition coefficient (Wildman–Crippen LogP) is 7.20. The number of nitrogens with one attached hydrogen (secondary N) is 1. The monoisotopic (exact) mass is 553 g/mol. The Morgan fingerprint density at radius 1 is 0.878 bits per heavy atom. The van der Waals surface area contributed by atoms with E-state index in [-0.39, 0.29) is 18.5 Å². The molecule has 1 heterocycles. The van der Waals surface area contributed by atoms with Gasteiger partial charge in [0.15, 0.2) is 0 Å². The van der Waals surface area contributed by atoms with Crippen molar-refractivity contribution in [2.24, 2.45) is 0 Å². The summed E-state index contributed by atoms with van der Waals surface area (Å²) >= 11 is 0. The minimum absolute atomic E-state index is 0.217. The third kappa shape index (κ3) is 8.55. The molecule has 0 unspecified atom stereocenters. The topological polar surface area (TPSA) is 82.5 Å². The summed E-state index contributed by atoms with van der Waals surface area (Å²) in [4.78, 5) is 30.1. The molecule has 0 saturated heterocycles. The normalized spacial score (nSPS) is 11.2. The second-order valence-electron chi connectivity index (χ2n) is 11.0. The molecule has 3 aromatic carbocycles. The van der Waals surface area contributed by atoms with E-state index in [1.54, 1.807) is 18.2 Å². The Kier molecular flexibility index (Phi) is 9.95. The van der Waals surface area contributed by atoms with Gasteiger partial charge < -0.3 is 19.4 Å². The van der Waals surface area contributed by atoms with Gasteiger partial charge in [0.25, 0.3) is 0 Å². The number of benzene rings is 3. The van der Waals surface area contributed by atoms with Gasteiger partial charge in [-0.15, -0.1) is 0 Å². The van der Waals surface area contributed by atoms with Gasteiger partial charge in [0.2, 0.25) is 0 Å². The van der Waals surface area contributed by atoms with E-state index < -0.39 is 5.60 Å². The van der Waals surface area contributed by atoms with Crippen molar-refractivity contribution < 1.29 is 19.1 Å². The molecular formula is C34H39N3O4. The number of hydrogen-bond acceptors (Lipinski definition) is 6. The van der Waals surface area contributed by atoms with Crippen molar-refractivity contribution in [2.75, 3.05) is 5.32 Å². The summed E-state index contributed by atoms with van der Waals surface area (Å²) in [6.45, 7) is 9.06. The Bertz CT molecular complexity index is 1440. The highest BCUT2D eigenvalue weighted by atomic mass is 16.6. The first-order chi connectivity index (χ1) is 19.7. The summed E-state index contributed by atoms with van der Waals surface area (Å²) in [5.74, 6) is 0.302. The van der Waals surface area contributed by atoms with Crippen LogP contribution in [0.1, 0.15) is 83.9 Å². The highest BCUT2D eigenvalue weighted by Gasteiger charge is 2.18. The largest absolute Gasteiger partial charge is 0.457 e. The maximum absolute atomic E-state index is 12.9. The number of imidazole rings is 1. The van der Waals surface area contributed by atoms with E-state index >= 15 is 0 Å². The number of hydrogen-bond donors (Lipinski definition) is 1. The zero-order valence-electron chi connectivity index (χ0n) is 24.4. The zero-order valence-corrected chi connectivity index (χ0v) is 24.4. The van der Waals surface area contributed by atoms with E-state index in [0.717, 1.165) is 41.9 Å². The van der Waals surface area contributed by atoms with Gasteiger partial charge in [0, 0.05) is 18.7 Å². The van der Waals surface area contributed by atoms with Crippen LogP contribution in [0.5, 0.6) is 0 Å². The molecule has 1 aromatic heterocycles. The molecule has 41 heavy (non-hydrogen) atoms. The standard InChI is InChI=1S/C34H39N3O4/c1-5-6-16-31-36-22-28(37(31)23-25-17-19-27(20-18-25)32(38)41-34(2,3)4)21-35-30-15-11-10-14-29(30)33(39)40-24-26-12-8-7-9-13-26/h7-15,17-20,22,35H,5-6,16,21,23-24H2,1-4H3. The van der Waals surface area contributed by atoms with Crippen molar-refractivity contribution in [1.29, 1.82) is 0 Å². The van der Waals surface area contributed by atoms with Gasteiger partial charge in [-0.1, -0.05) is 67.9 Å². The summed E-state index contributed by atoms with van der Waals surface area (Å²) in [6.07, 6.45) is 4.87. The van der Waals surface area contributed by atoms with Gasteiger partial charge in [0.05, 0.1) is 29.6 Å². The lowest BCUT2D eigenvalue weighted by Gasteiger charge is -2.19. The van der Waals surface area contributed by atoms with Crippen molar-refractivity contribution in [1.82, 2.24) is 9.55 Å². The number of carbonyl (C=O) groups excluding carboxylic acids is 2. The molecule has 0 atom stereocenters. The SMILES string of the molecule is CCCCc1ncc(CNc2ccccc2C(=O)OCc2ccccc2)n1Cc1ccc(C(=O)OC(C)(C)C)cc1. The van der Waals surface area contributed by atoms with Crippen LogP contribution < -0.4 is 5.32 Å². The molecule has 7 heteroatoms. The Morgan fingerprint density at radius 3 is 2.29 bits per heavy atom. The maximum Gasteiger partial charge on any atom is 0.340 e. The minimum atomic E-state index is -0.542. The smallest absolute Gasteiger partial charge is 0.340 e. The highest BCUT2D eigenvalue weighted by molar-refractivity contribution is 5.95. The number of carbonyl (C=O) groups is 2. The van der Waals surface area contributed by atoms with E-state index in [4.69, 9.17) is 14.5 Å². The lowest BCUT2D eigenvalue weighted by Crippen LogP contribution is -2.23. The first-order valence-corrected chi connectivity index (χ1v) is 14.1. The van der Waals surface area contributed by atoms with Gasteiger partial charge in [-0.25, -0.2) is 14.6 Å². The summed E-state index contributed by atoms with van der Waals surface area (Å²) in [6, 6.07) is 24.5. The lowest BCUT2D eigenvalue weighted by molar-refractivity contribution is 0.00692. The van der Waals surface area contributed by atoms with Crippen LogP contribution >= 0.6 is 0 Å². The first kappa shape index (κ1) is 29.6. The molecule has 0 radical (unpaired) electrons. The molecule has 7 nitrogen and oxygen atoms in total. The van der Waals surface area contributed by atoms with Crippen LogP contribution in [0.2, 0.25) is 0 Å². The Morgan fingerprint density at radius 2 is 1.59 bits per heavy atom. The van der Waals surface area contributed by atoms with Crippen LogP contribution in [0.15, 0.2) is 85.1 Å². The van der Waals surface area contributed by atoms with Crippen molar-refractivity contribution in [2.45, 2.75) is 72.3 Å². The maximum atomic E-state index is 12.9. The van der Waals surface area contributed by atoms with Crippen LogP contribution in [0, 0.1) is 0 Å². The number of para-hydroxylation sites is 1. The molecule has 4 rings (SSSR count). The molecule has 0 aliphatic heterocycles. The number of nitrogens with zero attached hydrogens (tertiary/aromatic N) is 2. The fourth-order valence-corrected chi connectivity index (χ4v) is 4.39. The summed E-state index contributed by atoms with van der Waals surface area (Å²) in [5, 5.41) is 3.43. The number of ether oxygens (including phenoxy) is 2. The fraction of sp³-hybridized carbons (Fsp3) is 0.324. The quantitative estimate of drug-likeness (QED) is 0.187. The van der Waals surface area contributed by atoms with Crippen LogP contribution in [0.4, 0.5) is 5.69 Å². The van der Waals surface area contributed by atoms with E-state index in [0.29, 0.717) is 29.9 Å². The van der Waals surface area contributed by atoms with Crippen molar-refractivity contribution in [3.05, 3.63) is 119 Å².